The van der Waals surface area contributed by atoms with Crippen LogP contribution in [0.3, 0.4) is 0 Å². The Kier molecular flexibility index (Phi) is 17.3. The number of carbonyl (C=O) groups excluding carboxylic acids is 3. The Bertz CT molecular complexity index is 1400. The van der Waals surface area contributed by atoms with E-state index in [0.29, 0.717) is 70.8 Å². The van der Waals surface area contributed by atoms with Crippen molar-refractivity contribution in [3.63, 3.8) is 0 Å². The Morgan fingerprint density at radius 1 is 1.00 bits per heavy atom. The highest BCUT2D eigenvalue weighted by Gasteiger charge is 2.26. The van der Waals surface area contributed by atoms with Crippen molar-refractivity contribution in [2.24, 2.45) is 5.92 Å². The summed E-state index contributed by atoms with van der Waals surface area (Å²) in [4.78, 5) is 62.6. The topological polar surface area (TPSA) is 179 Å². The van der Waals surface area contributed by atoms with Gasteiger partial charge in [0.1, 0.15) is 5.69 Å². The Hall–Kier alpha value is -4.58. The number of amides is 3. The highest BCUT2D eigenvalue weighted by Crippen LogP contribution is 2.30. The van der Waals surface area contributed by atoms with Crippen LogP contribution >= 0.6 is 0 Å². The van der Waals surface area contributed by atoms with Crippen LogP contribution in [-0.4, -0.2) is 151 Å². The molecule has 5 heterocycles. The summed E-state index contributed by atoms with van der Waals surface area (Å²) in [5.74, 6) is 1.47. The second-order valence-corrected chi connectivity index (χ2v) is 12.6. The standard InChI is InChI=1S/C17H21F2N9O2.C12H22N2O.C4H9NO/c18-13(19)12-11(9-21-15(20)22-12)14-23-16(27-3-1-26(10-29)2-4-27)25-17(24-14)28-5-7-30-8-6-28;1-11-6-9-14(10-7-11)12(15)5-4-8-13(2)3;1-2-3-5-4-6/h9-10,13H,1-8H2,(H2,20,21,22);4-5,11H,6-10H2,1-3H3;4H,2-3H2,1H3,(H,5,6)/b;5-4+;. The number of piperidine rings is 1. The van der Waals surface area contributed by atoms with Crippen molar-refractivity contribution < 1.29 is 27.9 Å². The van der Waals surface area contributed by atoms with Crippen molar-refractivity contribution in [1.82, 2.24) is 44.9 Å². The summed E-state index contributed by atoms with van der Waals surface area (Å²) >= 11 is 0. The first-order valence-electron chi connectivity index (χ1n) is 17.3. The fourth-order valence-electron chi connectivity index (χ4n) is 5.20. The van der Waals surface area contributed by atoms with E-state index in [4.69, 9.17) is 10.5 Å². The third-order valence-corrected chi connectivity index (χ3v) is 8.24. The van der Waals surface area contributed by atoms with Gasteiger partial charge in [0, 0.05) is 77.7 Å². The zero-order valence-electron chi connectivity index (χ0n) is 30.1. The number of morpholine rings is 1. The van der Waals surface area contributed by atoms with Gasteiger partial charge in [0.15, 0.2) is 5.82 Å². The number of hydrogen-bond acceptors (Lipinski definition) is 13. The molecule has 0 radical (unpaired) electrons. The minimum Gasteiger partial charge on any atom is -0.378 e. The molecule has 5 rings (SSSR count). The summed E-state index contributed by atoms with van der Waals surface area (Å²) in [6.07, 6.45) is 6.79. The number of piperazine rings is 1. The van der Waals surface area contributed by atoms with Gasteiger partial charge in [-0.1, -0.05) is 19.9 Å². The van der Waals surface area contributed by atoms with Crippen molar-refractivity contribution in [2.45, 2.75) is 39.5 Å². The molecule has 2 aromatic heterocycles. The van der Waals surface area contributed by atoms with Gasteiger partial charge in [-0.05, 0) is 39.3 Å². The molecule has 0 bridgehead atoms. The molecule has 18 heteroatoms. The molecule has 3 fully saturated rings. The van der Waals surface area contributed by atoms with Gasteiger partial charge in [0.25, 0.3) is 6.43 Å². The average Bonchev–Trinajstić information content (AvgIpc) is 3.14. The first-order valence-corrected chi connectivity index (χ1v) is 17.3. The quantitative estimate of drug-likeness (QED) is 0.194. The number of nitrogens with zero attached hydrogens (tertiary/aromatic N) is 10. The van der Waals surface area contributed by atoms with Gasteiger partial charge < -0.3 is 40.3 Å². The Labute approximate surface area is 298 Å². The van der Waals surface area contributed by atoms with E-state index in [2.05, 4.69) is 37.2 Å². The molecule has 0 saturated carbocycles. The van der Waals surface area contributed by atoms with Gasteiger partial charge in [-0.3, -0.25) is 14.4 Å². The summed E-state index contributed by atoms with van der Waals surface area (Å²) in [5, 5.41) is 2.52. The van der Waals surface area contributed by atoms with Gasteiger partial charge in [-0.2, -0.15) is 15.0 Å². The molecular weight excluding hydrogens is 666 g/mol. The van der Waals surface area contributed by atoms with Crippen molar-refractivity contribution in [3.8, 4) is 11.4 Å². The van der Waals surface area contributed by atoms with Crippen LogP contribution < -0.4 is 20.9 Å². The molecular formula is C33H52F2N12O4. The Morgan fingerprint density at radius 2 is 1.63 bits per heavy atom. The van der Waals surface area contributed by atoms with E-state index in [1.807, 2.05) is 46.7 Å². The van der Waals surface area contributed by atoms with Crippen LogP contribution in [0.5, 0.6) is 0 Å². The van der Waals surface area contributed by atoms with E-state index in [1.54, 1.807) is 11.0 Å². The van der Waals surface area contributed by atoms with E-state index in [9.17, 15) is 23.2 Å². The van der Waals surface area contributed by atoms with E-state index in [0.717, 1.165) is 57.8 Å². The molecule has 0 aromatic carbocycles. The van der Waals surface area contributed by atoms with Crippen LogP contribution in [0.25, 0.3) is 11.4 Å². The third kappa shape index (κ3) is 13.6. The summed E-state index contributed by atoms with van der Waals surface area (Å²) in [6.45, 7) is 12.0. The molecule has 2 aromatic rings. The Balaban J connectivity index is 0.000000278. The number of rotatable bonds is 11. The van der Waals surface area contributed by atoms with Gasteiger partial charge in [-0.15, -0.1) is 0 Å². The predicted molar refractivity (Wildman–Crippen MR) is 190 cm³/mol. The van der Waals surface area contributed by atoms with Crippen molar-refractivity contribution >= 4 is 36.6 Å². The third-order valence-electron chi connectivity index (χ3n) is 8.24. The fourth-order valence-corrected chi connectivity index (χ4v) is 5.20. The lowest BCUT2D eigenvalue weighted by molar-refractivity contribution is -0.127. The fraction of sp³-hybridized carbons (Fsp3) is 0.636. The lowest BCUT2D eigenvalue weighted by Crippen LogP contribution is -2.46. The summed E-state index contributed by atoms with van der Waals surface area (Å²) in [6, 6.07) is 0. The number of alkyl halides is 2. The number of anilines is 3. The van der Waals surface area contributed by atoms with Crippen molar-refractivity contribution in [2.75, 3.05) is 108 Å². The molecule has 3 aliphatic heterocycles. The molecule has 3 aliphatic rings. The van der Waals surface area contributed by atoms with E-state index < -0.39 is 12.1 Å². The predicted octanol–water partition coefficient (Wildman–Crippen LogP) is 1.47. The van der Waals surface area contributed by atoms with Crippen molar-refractivity contribution in [3.05, 3.63) is 24.0 Å². The van der Waals surface area contributed by atoms with Crippen LogP contribution in [0.4, 0.5) is 26.6 Å². The van der Waals surface area contributed by atoms with E-state index >= 15 is 0 Å². The van der Waals surface area contributed by atoms with Gasteiger partial charge in [-0.25, -0.2) is 18.7 Å². The Morgan fingerprint density at radius 3 is 2.16 bits per heavy atom. The molecule has 0 atom stereocenters. The molecule has 51 heavy (non-hydrogen) atoms. The number of halogens is 2. The normalized spacial score (nSPS) is 16.8. The number of nitrogens with one attached hydrogen (secondary N) is 1. The molecule has 3 amide bonds. The molecule has 0 spiro atoms. The summed E-state index contributed by atoms with van der Waals surface area (Å²) in [5.41, 5.74) is 4.97. The summed E-state index contributed by atoms with van der Waals surface area (Å²) < 4.78 is 32.6. The van der Waals surface area contributed by atoms with Gasteiger partial charge in [0.2, 0.25) is 36.6 Å². The second kappa shape index (κ2) is 21.6. The van der Waals surface area contributed by atoms with E-state index in [1.165, 1.54) is 6.20 Å². The number of likely N-dealkylation sites (tertiary alicyclic amines) is 1. The molecule has 282 valence electrons. The zero-order valence-corrected chi connectivity index (χ0v) is 30.1. The molecule has 3 N–H and O–H groups in total. The van der Waals surface area contributed by atoms with Crippen LogP contribution in [0.2, 0.25) is 0 Å². The molecule has 0 aliphatic carbocycles. The minimum atomic E-state index is -2.87. The number of nitrogen functional groups attached to an aromatic ring is 1. The highest BCUT2D eigenvalue weighted by atomic mass is 19.3. The first kappa shape index (κ1) is 40.8. The first-order chi connectivity index (χ1) is 24.6. The number of carbonyl (C=O) groups is 3. The van der Waals surface area contributed by atoms with Crippen molar-refractivity contribution in [1.29, 1.82) is 0 Å². The molecule has 0 unspecified atom stereocenters. The maximum atomic E-state index is 13.6. The minimum absolute atomic E-state index is 0.00360. The largest absolute Gasteiger partial charge is 0.378 e. The molecule has 16 nitrogen and oxygen atoms in total. The number of aromatic nitrogens is 5. The maximum Gasteiger partial charge on any atom is 0.281 e. The highest BCUT2D eigenvalue weighted by molar-refractivity contribution is 5.87. The number of nitrogens with two attached hydrogens (primary N) is 1. The van der Waals surface area contributed by atoms with Crippen LogP contribution in [0.15, 0.2) is 18.3 Å². The lowest BCUT2D eigenvalue weighted by Gasteiger charge is -2.33. The van der Waals surface area contributed by atoms with Crippen LogP contribution in [0.1, 0.15) is 45.2 Å². The smallest absolute Gasteiger partial charge is 0.281 e. The number of likely N-dealkylation sites (N-methyl/N-ethyl adjacent to an activating group) is 1. The second-order valence-electron chi connectivity index (χ2n) is 12.6. The summed E-state index contributed by atoms with van der Waals surface area (Å²) in [7, 11) is 3.99. The number of hydrogen-bond donors (Lipinski definition) is 2. The average molecular weight is 719 g/mol. The number of ether oxygens (including phenoxy) is 1. The SMILES string of the molecule is CC1CCN(C(=O)/C=C/CN(C)C)CC1.CCCNC=O.Nc1ncc(-c2nc(N3CCOCC3)nc(N3CCN(C=O)CC3)n2)c(C(F)F)n1. The monoisotopic (exact) mass is 718 g/mol. The van der Waals surface area contributed by atoms with Crippen LogP contribution in [-0.2, 0) is 19.1 Å². The van der Waals surface area contributed by atoms with Crippen LogP contribution in [0, 0.1) is 5.92 Å². The van der Waals surface area contributed by atoms with Gasteiger partial charge >= 0.3 is 0 Å². The zero-order chi connectivity index (χ0) is 37.2. The van der Waals surface area contributed by atoms with E-state index in [-0.39, 0.29) is 23.2 Å². The molecule has 3 saturated heterocycles. The lowest BCUT2D eigenvalue weighted by atomic mass is 9.99. The van der Waals surface area contributed by atoms with Gasteiger partial charge in [0.05, 0.1) is 18.8 Å². The maximum absolute atomic E-state index is 13.6.